The Morgan fingerprint density at radius 2 is 1.40 bits per heavy atom. The molecule has 0 radical (unpaired) electrons. The van der Waals surface area contributed by atoms with Gasteiger partial charge in [0.05, 0.1) is 0 Å². The summed E-state index contributed by atoms with van der Waals surface area (Å²) in [5, 5.41) is 2.18. The van der Waals surface area contributed by atoms with Crippen LogP contribution in [0.1, 0.15) is 158 Å². The van der Waals surface area contributed by atoms with Crippen molar-refractivity contribution in [3.63, 3.8) is 0 Å². The number of hydrogen-bond acceptors (Lipinski definition) is 4. The van der Waals surface area contributed by atoms with Gasteiger partial charge in [-0.25, -0.2) is 0 Å². The summed E-state index contributed by atoms with van der Waals surface area (Å²) < 4.78 is 5.93. The monoisotopic (exact) mass is 609 g/mol. The minimum atomic E-state index is -0.0555. The number of benzene rings is 1. The molecule has 2 aromatic rings. The van der Waals surface area contributed by atoms with E-state index in [1.165, 1.54) is 119 Å². The van der Waals surface area contributed by atoms with E-state index < -0.39 is 0 Å². The van der Waals surface area contributed by atoms with Gasteiger partial charge in [-0.3, -0.25) is 9.69 Å². The fraction of sp³-hybridized carbons (Fsp3) is 0.718. The molecule has 0 fully saturated rings. The van der Waals surface area contributed by atoms with Crippen LogP contribution in [0.5, 0.6) is 5.75 Å². The number of unbranched alkanes of at least 4 members (excludes halogenated alkanes) is 16. The molecule has 0 N–H and O–H groups in total. The van der Waals surface area contributed by atoms with E-state index in [0.29, 0.717) is 12.5 Å². The molecule has 0 aliphatic heterocycles. The molecule has 1 atom stereocenters. The molecule has 1 aromatic carbocycles. The van der Waals surface area contributed by atoms with Gasteiger partial charge in [-0.05, 0) is 73.7 Å². The zero-order valence-corrected chi connectivity index (χ0v) is 28.7. The SMILES string of the molecule is CCCCCCCCCCCCCCCCCCCC(=O)Oc1cccc2c1CCC(N(CCC)CCc1cccs1)C2. The van der Waals surface area contributed by atoms with Crippen LogP contribution in [0, 0.1) is 0 Å². The smallest absolute Gasteiger partial charge is 0.311 e. The number of rotatable bonds is 25. The van der Waals surface area contributed by atoms with Crippen LogP contribution in [0.2, 0.25) is 0 Å². The molecule has 3 nitrogen and oxygen atoms in total. The molecule has 0 saturated heterocycles. The van der Waals surface area contributed by atoms with Gasteiger partial charge in [0, 0.05) is 23.9 Å². The zero-order valence-electron chi connectivity index (χ0n) is 27.9. The molecule has 1 aliphatic carbocycles. The lowest BCUT2D eigenvalue weighted by Gasteiger charge is -2.35. The second-order valence-corrected chi connectivity index (χ2v) is 14.1. The topological polar surface area (TPSA) is 29.5 Å². The molecular weight excluding hydrogens is 547 g/mol. The van der Waals surface area contributed by atoms with Gasteiger partial charge in [0.2, 0.25) is 0 Å². The van der Waals surface area contributed by atoms with Crippen molar-refractivity contribution in [1.82, 2.24) is 4.90 Å². The molecule has 1 aromatic heterocycles. The molecule has 0 bridgehead atoms. The molecule has 1 unspecified atom stereocenters. The number of hydrogen-bond donors (Lipinski definition) is 0. The van der Waals surface area contributed by atoms with Gasteiger partial charge in [-0.2, -0.15) is 0 Å². The van der Waals surface area contributed by atoms with Crippen LogP contribution in [0.25, 0.3) is 0 Å². The summed E-state index contributed by atoms with van der Waals surface area (Å²) in [4.78, 5) is 16.9. The first-order chi connectivity index (χ1) is 21.2. The Bertz CT molecular complexity index is 972. The van der Waals surface area contributed by atoms with Crippen LogP contribution in [0.3, 0.4) is 0 Å². The average Bonchev–Trinajstić information content (AvgIpc) is 3.54. The zero-order chi connectivity index (χ0) is 30.4. The Kier molecular flexibility index (Phi) is 19.0. The van der Waals surface area contributed by atoms with E-state index in [1.54, 1.807) is 0 Å². The fourth-order valence-corrected chi connectivity index (χ4v) is 7.50. The van der Waals surface area contributed by atoms with Crippen LogP contribution in [0.15, 0.2) is 35.7 Å². The minimum Gasteiger partial charge on any atom is -0.426 e. The standard InChI is InChI=1S/C39H63NO2S/c1-3-5-6-7-8-9-10-11-12-13-14-15-16-17-18-19-20-26-39(41)42-38-25-21-23-34-33-35(27-28-37(34)38)40(30-4-2)31-29-36-24-22-32-43-36/h21-25,32,35H,3-20,26-31,33H2,1-2H3. The van der Waals surface area contributed by atoms with Crippen molar-refractivity contribution in [2.45, 2.75) is 168 Å². The van der Waals surface area contributed by atoms with Crippen molar-refractivity contribution >= 4 is 17.3 Å². The first-order valence-electron chi connectivity index (χ1n) is 18.3. The Balaban J connectivity index is 1.23. The largest absolute Gasteiger partial charge is 0.426 e. The maximum atomic E-state index is 12.7. The van der Waals surface area contributed by atoms with E-state index in [1.807, 2.05) is 17.4 Å². The van der Waals surface area contributed by atoms with Crippen LogP contribution in [-0.2, 0) is 24.1 Å². The Hall–Kier alpha value is -1.65. The number of nitrogens with zero attached hydrogens (tertiary/aromatic N) is 1. The van der Waals surface area contributed by atoms with E-state index in [9.17, 15) is 4.79 Å². The normalized spacial score (nSPS) is 14.7. The van der Waals surface area contributed by atoms with Gasteiger partial charge in [0.25, 0.3) is 0 Å². The van der Waals surface area contributed by atoms with Gasteiger partial charge in [-0.15, -0.1) is 11.3 Å². The highest BCUT2D eigenvalue weighted by Crippen LogP contribution is 2.32. The summed E-state index contributed by atoms with van der Waals surface area (Å²) in [7, 11) is 0. The van der Waals surface area contributed by atoms with Crippen LogP contribution in [0.4, 0.5) is 0 Å². The van der Waals surface area contributed by atoms with E-state index >= 15 is 0 Å². The number of carbonyl (C=O) groups is 1. The Labute approximate surface area is 269 Å². The van der Waals surface area contributed by atoms with Crippen molar-refractivity contribution in [2.75, 3.05) is 13.1 Å². The van der Waals surface area contributed by atoms with Crippen molar-refractivity contribution in [3.8, 4) is 5.75 Å². The van der Waals surface area contributed by atoms with Gasteiger partial charge < -0.3 is 4.74 Å². The van der Waals surface area contributed by atoms with E-state index in [4.69, 9.17) is 4.74 Å². The molecule has 0 spiro atoms. The highest BCUT2D eigenvalue weighted by Gasteiger charge is 2.26. The van der Waals surface area contributed by atoms with E-state index in [0.717, 1.165) is 57.4 Å². The van der Waals surface area contributed by atoms with Crippen molar-refractivity contribution in [1.29, 1.82) is 0 Å². The average molecular weight is 610 g/mol. The molecular formula is C39H63NO2S. The van der Waals surface area contributed by atoms with Crippen LogP contribution >= 0.6 is 11.3 Å². The highest BCUT2D eigenvalue weighted by molar-refractivity contribution is 7.09. The number of thiophene rings is 1. The van der Waals surface area contributed by atoms with E-state index in [-0.39, 0.29) is 5.97 Å². The fourth-order valence-electron chi connectivity index (χ4n) is 6.80. The molecule has 0 saturated carbocycles. The Morgan fingerprint density at radius 1 is 0.767 bits per heavy atom. The summed E-state index contributed by atoms with van der Waals surface area (Å²) in [6, 6.07) is 11.3. The lowest BCUT2D eigenvalue weighted by molar-refractivity contribution is -0.134. The summed E-state index contributed by atoms with van der Waals surface area (Å²) in [6.45, 7) is 6.86. The highest BCUT2D eigenvalue weighted by atomic mass is 32.1. The predicted molar refractivity (Wildman–Crippen MR) is 187 cm³/mol. The third kappa shape index (κ3) is 14.8. The number of fused-ring (bicyclic) bond motifs is 1. The van der Waals surface area contributed by atoms with Crippen LogP contribution in [-0.4, -0.2) is 30.0 Å². The Morgan fingerprint density at radius 3 is 1.98 bits per heavy atom. The van der Waals surface area contributed by atoms with Crippen molar-refractivity contribution in [2.24, 2.45) is 0 Å². The van der Waals surface area contributed by atoms with Gasteiger partial charge in [0.15, 0.2) is 0 Å². The molecule has 0 amide bonds. The lowest BCUT2D eigenvalue weighted by Crippen LogP contribution is -2.41. The first-order valence-corrected chi connectivity index (χ1v) is 19.2. The minimum absolute atomic E-state index is 0.0555. The number of ether oxygens (including phenoxy) is 1. The molecule has 43 heavy (non-hydrogen) atoms. The predicted octanol–water partition coefficient (Wildman–Crippen LogP) is 11.5. The number of esters is 1. The van der Waals surface area contributed by atoms with Crippen molar-refractivity contribution < 1.29 is 9.53 Å². The maximum absolute atomic E-state index is 12.7. The third-order valence-electron chi connectivity index (χ3n) is 9.37. The van der Waals surface area contributed by atoms with Gasteiger partial charge >= 0.3 is 5.97 Å². The third-order valence-corrected chi connectivity index (χ3v) is 10.3. The molecule has 4 heteroatoms. The molecule has 3 rings (SSSR count). The van der Waals surface area contributed by atoms with Gasteiger partial charge in [0.1, 0.15) is 5.75 Å². The lowest BCUT2D eigenvalue weighted by atomic mass is 9.86. The second-order valence-electron chi connectivity index (χ2n) is 13.0. The molecule has 242 valence electrons. The van der Waals surface area contributed by atoms with E-state index in [2.05, 4.69) is 48.4 Å². The van der Waals surface area contributed by atoms with Crippen LogP contribution < -0.4 is 4.74 Å². The van der Waals surface area contributed by atoms with Crippen molar-refractivity contribution in [3.05, 3.63) is 51.7 Å². The quantitative estimate of drug-likeness (QED) is 0.0637. The summed E-state index contributed by atoms with van der Waals surface area (Å²) >= 11 is 1.87. The summed E-state index contributed by atoms with van der Waals surface area (Å²) in [5.41, 5.74) is 2.64. The molecule has 1 heterocycles. The van der Waals surface area contributed by atoms with Gasteiger partial charge in [-0.1, -0.05) is 135 Å². The summed E-state index contributed by atoms with van der Waals surface area (Å²) in [6.07, 6.45) is 29.1. The maximum Gasteiger partial charge on any atom is 0.311 e. The second kappa shape index (κ2) is 22.8. The molecule has 1 aliphatic rings. The first kappa shape index (κ1) is 35.8. The number of carbonyl (C=O) groups excluding carboxylic acids is 1. The summed E-state index contributed by atoms with van der Waals surface area (Å²) in [5.74, 6) is 0.758.